The van der Waals surface area contributed by atoms with Crippen molar-refractivity contribution in [3.05, 3.63) is 52.2 Å². The molecule has 1 heterocycles. The molecule has 3 heteroatoms. The number of hydrogen-bond acceptors (Lipinski definition) is 3. The van der Waals surface area contributed by atoms with Crippen LogP contribution < -0.4 is 4.74 Å². The van der Waals surface area contributed by atoms with Gasteiger partial charge in [0.2, 0.25) is 0 Å². The first-order valence-corrected chi connectivity index (χ1v) is 6.05. The lowest BCUT2D eigenvalue weighted by Gasteiger charge is -2.03. The summed E-state index contributed by atoms with van der Waals surface area (Å²) in [6.45, 7) is 2.57. The van der Waals surface area contributed by atoms with Crippen molar-refractivity contribution in [1.82, 2.24) is 0 Å². The van der Waals surface area contributed by atoms with Gasteiger partial charge in [0.25, 0.3) is 0 Å². The molecule has 0 spiro atoms. The minimum absolute atomic E-state index is 0.0595. The molecule has 0 amide bonds. The third kappa shape index (κ3) is 2.31. The van der Waals surface area contributed by atoms with Crippen molar-refractivity contribution in [2.75, 3.05) is 6.61 Å². The summed E-state index contributed by atoms with van der Waals surface area (Å²) in [4.78, 5) is 11.9. The van der Waals surface area contributed by atoms with Crippen molar-refractivity contribution >= 4 is 17.1 Å². The number of rotatable bonds is 4. The predicted octanol–water partition coefficient (Wildman–Crippen LogP) is 3.38. The first kappa shape index (κ1) is 10.9. The summed E-state index contributed by atoms with van der Waals surface area (Å²) < 4.78 is 5.32. The molecular formula is C13H12O2S. The van der Waals surface area contributed by atoms with Gasteiger partial charge in [0.1, 0.15) is 5.75 Å². The van der Waals surface area contributed by atoms with E-state index in [-0.39, 0.29) is 5.78 Å². The fraction of sp³-hybridized carbons (Fsp3) is 0.154. The molecule has 16 heavy (non-hydrogen) atoms. The lowest BCUT2D eigenvalue weighted by molar-refractivity contribution is 0.103. The van der Waals surface area contributed by atoms with E-state index in [9.17, 15) is 4.79 Å². The Bertz CT molecular complexity index is 457. The van der Waals surface area contributed by atoms with Gasteiger partial charge < -0.3 is 4.74 Å². The molecule has 82 valence electrons. The van der Waals surface area contributed by atoms with Crippen LogP contribution in [0.2, 0.25) is 0 Å². The minimum Gasteiger partial charge on any atom is -0.494 e. The number of ketones is 1. The molecule has 0 N–H and O–H groups in total. The summed E-state index contributed by atoms with van der Waals surface area (Å²) in [6, 6.07) is 9.08. The molecule has 0 saturated carbocycles. The zero-order valence-corrected chi connectivity index (χ0v) is 9.79. The zero-order chi connectivity index (χ0) is 11.4. The lowest BCUT2D eigenvalue weighted by Crippen LogP contribution is -1.99. The molecular weight excluding hydrogens is 220 g/mol. The number of ether oxygens (including phenoxy) is 1. The van der Waals surface area contributed by atoms with E-state index in [1.54, 1.807) is 12.1 Å². The largest absolute Gasteiger partial charge is 0.494 e. The molecule has 0 aliphatic rings. The van der Waals surface area contributed by atoms with Crippen LogP contribution in [0.1, 0.15) is 22.8 Å². The Morgan fingerprint density at radius 1 is 1.19 bits per heavy atom. The third-order valence-electron chi connectivity index (χ3n) is 2.21. The van der Waals surface area contributed by atoms with Crippen LogP contribution in [0.3, 0.4) is 0 Å². The summed E-state index contributed by atoms with van der Waals surface area (Å²) in [6.07, 6.45) is 0. The van der Waals surface area contributed by atoms with Crippen LogP contribution in [-0.2, 0) is 0 Å². The molecule has 0 atom stereocenters. The second-order valence-electron chi connectivity index (χ2n) is 3.30. The van der Waals surface area contributed by atoms with Crippen LogP contribution in [0.25, 0.3) is 0 Å². The number of thiophene rings is 1. The summed E-state index contributed by atoms with van der Waals surface area (Å²) in [5.74, 6) is 0.855. The SMILES string of the molecule is CCOc1ccc(C(=O)c2ccsc2)cc1. The average Bonchev–Trinajstić information content (AvgIpc) is 2.83. The lowest BCUT2D eigenvalue weighted by atomic mass is 10.1. The van der Waals surface area contributed by atoms with Crippen LogP contribution in [0, 0.1) is 0 Å². The molecule has 0 unspecified atom stereocenters. The van der Waals surface area contributed by atoms with Gasteiger partial charge in [-0.2, -0.15) is 11.3 Å². The van der Waals surface area contributed by atoms with E-state index in [0.717, 1.165) is 11.3 Å². The molecule has 1 aromatic carbocycles. The molecule has 0 fully saturated rings. The van der Waals surface area contributed by atoms with Gasteiger partial charge in [-0.3, -0.25) is 4.79 Å². The van der Waals surface area contributed by atoms with Crippen molar-refractivity contribution < 1.29 is 9.53 Å². The van der Waals surface area contributed by atoms with E-state index >= 15 is 0 Å². The van der Waals surface area contributed by atoms with Gasteiger partial charge in [-0.05, 0) is 42.6 Å². The number of hydrogen-bond donors (Lipinski definition) is 0. The van der Waals surface area contributed by atoms with Crippen molar-refractivity contribution in [2.45, 2.75) is 6.92 Å². The van der Waals surface area contributed by atoms with Gasteiger partial charge in [0, 0.05) is 16.5 Å². The molecule has 2 nitrogen and oxygen atoms in total. The highest BCUT2D eigenvalue weighted by molar-refractivity contribution is 7.08. The van der Waals surface area contributed by atoms with Gasteiger partial charge in [-0.15, -0.1) is 0 Å². The van der Waals surface area contributed by atoms with Crippen LogP contribution >= 0.6 is 11.3 Å². The highest BCUT2D eigenvalue weighted by atomic mass is 32.1. The standard InChI is InChI=1S/C13H12O2S/c1-2-15-12-5-3-10(4-6-12)13(14)11-7-8-16-9-11/h3-9H,2H2,1H3. The molecule has 0 aliphatic heterocycles. The van der Waals surface area contributed by atoms with E-state index in [0.29, 0.717) is 12.2 Å². The highest BCUT2D eigenvalue weighted by Gasteiger charge is 2.08. The summed E-state index contributed by atoms with van der Waals surface area (Å²) in [7, 11) is 0. The van der Waals surface area contributed by atoms with Gasteiger partial charge in [0.05, 0.1) is 6.61 Å². The van der Waals surface area contributed by atoms with E-state index < -0.39 is 0 Å². The van der Waals surface area contributed by atoms with Crippen LogP contribution in [0.4, 0.5) is 0 Å². The van der Waals surface area contributed by atoms with Crippen molar-refractivity contribution in [2.24, 2.45) is 0 Å². The van der Waals surface area contributed by atoms with E-state index in [2.05, 4.69) is 0 Å². The summed E-state index contributed by atoms with van der Waals surface area (Å²) in [5, 5.41) is 3.76. The Morgan fingerprint density at radius 2 is 1.94 bits per heavy atom. The Morgan fingerprint density at radius 3 is 2.50 bits per heavy atom. The van der Waals surface area contributed by atoms with Crippen LogP contribution in [-0.4, -0.2) is 12.4 Å². The second-order valence-corrected chi connectivity index (χ2v) is 4.08. The van der Waals surface area contributed by atoms with E-state index in [1.165, 1.54) is 11.3 Å². The van der Waals surface area contributed by atoms with E-state index in [1.807, 2.05) is 35.9 Å². The van der Waals surface area contributed by atoms with Gasteiger partial charge in [0.15, 0.2) is 5.78 Å². The Balaban J connectivity index is 2.19. The van der Waals surface area contributed by atoms with Crippen molar-refractivity contribution in [1.29, 1.82) is 0 Å². The topological polar surface area (TPSA) is 26.3 Å². The van der Waals surface area contributed by atoms with Crippen LogP contribution in [0.5, 0.6) is 5.75 Å². The Kier molecular flexibility index (Phi) is 3.37. The maximum absolute atomic E-state index is 11.9. The third-order valence-corrected chi connectivity index (χ3v) is 2.89. The Labute approximate surface area is 98.5 Å². The monoisotopic (exact) mass is 232 g/mol. The maximum atomic E-state index is 11.9. The highest BCUT2D eigenvalue weighted by Crippen LogP contribution is 2.16. The maximum Gasteiger partial charge on any atom is 0.193 e. The number of carbonyl (C=O) groups is 1. The minimum atomic E-state index is 0.0595. The van der Waals surface area contributed by atoms with Crippen molar-refractivity contribution in [3.8, 4) is 5.75 Å². The van der Waals surface area contributed by atoms with Crippen molar-refractivity contribution in [3.63, 3.8) is 0 Å². The molecule has 0 saturated heterocycles. The normalized spacial score (nSPS) is 10.1. The quantitative estimate of drug-likeness (QED) is 0.755. The molecule has 0 aliphatic carbocycles. The fourth-order valence-corrected chi connectivity index (χ4v) is 2.07. The summed E-state index contributed by atoms with van der Waals surface area (Å²) in [5.41, 5.74) is 1.44. The van der Waals surface area contributed by atoms with Gasteiger partial charge in [-0.25, -0.2) is 0 Å². The molecule has 0 radical (unpaired) electrons. The molecule has 1 aromatic heterocycles. The number of benzene rings is 1. The van der Waals surface area contributed by atoms with Crippen LogP contribution in [0.15, 0.2) is 41.1 Å². The van der Waals surface area contributed by atoms with Gasteiger partial charge >= 0.3 is 0 Å². The van der Waals surface area contributed by atoms with Gasteiger partial charge in [-0.1, -0.05) is 0 Å². The zero-order valence-electron chi connectivity index (χ0n) is 8.97. The smallest absolute Gasteiger partial charge is 0.193 e. The predicted molar refractivity (Wildman–Crippen MR) is 65.4 cm³/mol. The molecule has 0 bridgehead atoms. The average molecular weight is 232 g/mol. The molecule has 2 aromatic rings. The summed E-state index contributed by atoms with van der Waals surface area (Å²) >= 11 is 1.53. The number of carbonyl (C=O) groups excluding carboxylic acids is 1. The molecule has 2 rings (SSSR count). The Hall–Kier alpha value is -1.61. The first-order chi connectivity index (χ1) is 7.81. The fourth-order valence-electron chi connectivity index (χ4n) is 1.43. The first-order valence-electron chi connectivity index (χ1n) is 5.11. The second kappa shape index (κ2) is 4.94. The van der Waals surface area contributed by atoms with E-state index in [4.69, 9.17) is 4.74 Å².